The summed E-state index contributed by atoms with van der Waals surface area (Å²) in [5.74, 6) is -0.227. The topological polar surface area (TPSA) is 104 Å². The Balaban J connectivity index is 1.97. The number of carbonyl (C=O) groups excluding carboxylic acids is 2. The van der Waals surface area contributed by atoms with Crippen molar-refractivity contribution < 1.29 is 19.1 Å². The number of carbonyl (C=O) groups is 2. The van der Waals surface area contributed by atoms with Crippen LogP contribution in [-0.2, 0) is 9.53 Å². The molecule has 1 aromatic heterocycles. The summed E-state index contributed by atoms with van der Waals surface area (Å²) in [5, 5.41) is 2.77. The van der Waals surface area contributed by atoms with Crippen molar-refractivity contribution in [2.24, 2.45) is 11.1 Å². The molecule has 0 atom stereocenters. The number of pyridine rings is 1. The summed E-state index contributed by atoms with van der Waals surface area (Å²) >= 11 is 0. The molecule has 7 heteroatoms. The van der Waals surface area contributed by atoms with Crippen molar-refractivity contribution in [3.05, 3.63) is 23.9 Å². The van der Waals surface area contributed by atoms with Crippen LogP contribution in [0.1, 0.15) is 37.0 Å². The maximum Gasteiger partial charge on any atom is 0.252 e. The van der Waals surface area contributed by atoms with E-state index in [2.05, 4.69) is 10.3 Å². The van der Waals surface area contributed by atoms with E-state index in [1.807, 2.05) is 13.8 Å². The number of nitrogens with two attached hydrogens (primary N) is 1. The highest BCUT2D eigenvalue weighted by Gasteiger charge is 2.38. The summed E-state index contributed by atoms with van der Waals surface area (Å²) in [7, 11) is 0. The molecule has 0 radical (unpaired) electrons. The minimum Gasteiger partial charge on any atom is -0.475 e. The standard InChI is InChI=1S/C16H23N3O4/c1-11(2)23-13-4-3-12(9-18-13)14(20)19-10-16(15(17)21)5-7-22-8-6-16/h3-4,9,11H,5-8,10H2,1-2H3,(H2,17,21)(H,19,20). The number of hydrogen-bond donors (Lipinski definition) is 2. The van der Waals surface area contributed by atoms with Crippen LogP contribution in [-0.4, -0.2) is 42.7 Å². The van der Waals surface area contributed by atoms with Gasteiger partial charge < -0.3 is 20.5 Å². The van der Waals surface area contributed by atoms with Crippen molar-refractivity contribution in [3.8, 4) is 5.88 Å². The van der Waals surface area contributed by atoms with E-state index in [0.717, 1.165) is 0 Å². The zero-order valence-electron chi connectivity index (χ0n) is 13.5. The van der Waals surface area contributed by atoms with E-state index in [-0.39, 0.29) is 18.6 Å². The maximum atomic E-state index is 12.2. The van der Waals surface area contributed by atoms with Gasteiger partial charge in [-0.25, -0.2) is 4.98 Å². The minimum absolute atomic E-state index is 0.0196. The highest BCUT2D eigenvalue weighted by molar-refractivity contribution is 5.94. The van der Waals surface area contributed by atoms with Gasteiger partial charge in [-0.15, -0.1) is 0 Å². The highest BCUT2D eigenvalue weighted by atomic mass is 16.5. The summed E-state index contributed by atoms with van der Waals surface area (Å²) in [6.07, 6.45) is 2.50. The molecule has 0 aromatic carbocycles. The van der Waals surface area contributed by atoms with Crippen molar-refractivity contribution in [1.82, 2.24) is 10.3 Å². The van der Waals surface area contributed by atoms with Crippen molar-refractivity contribution in [2.45, 2.75) is 32.8 Å². The van der Waals surface area contributed by atoms with Gasteiger partial charge in [-0.05, 0) is 32.8 Å². The number of nitrogens with one attached hydrogen (secondary N) is 1. The van der Waals surface area contributed by atoms with E-state index in [0.29, 0.717) is 37.5 Å². The zero-order valence-corrected chi connectivity index (χ0v) is 13.5. The van der Waals surface area contributed by atoms with Gasteiger partial charge in [0.2, 0.25) is 11.8 Å². The molecule has 0 bridgehead atoms. The Morgan fingerprint density at radius 1 is 1.39 bits per heavy atom. The third-order valence-electron chi connectivity index (χ3n) is 3.91. The molecular formula is C16H23N3O4. The van der Waals surface area contributed by atoms with E-state index in [1.165, 1.54) is 6.20 Å². The zero-order chi connectivity index (χ0) is 16.9. The molecule has 2 heterocycles. The Kier molecular flexibility index (Phi) is 5.54. The molecule has 1 fully saturated rings. The molecule has 2 rings (SSSR count). The Bertz CT molecular complexity index is 551. The van der Waals surface area contributed by atoms with Gasteiger partial charge in [0, 0.05) is 32.0 Å². The van der Waals surface area contributed by atoms with Crippen LogP contribution in [0.4, 0.5) is 0 Å². The largest absolute Gasteiger partial charge is 0.475 e. The van der Waals surface area contributed by atoms with E-state index in [4.69, 9.17) is 15.2 Å². The first-order valence-electron chi connectivity index (χ1n) is 7.71. The van der Waals surface area contributed by atoms with Gasteiger partial charge in [-0.1, -0.05) is 0 Å². The Morgan fingerprint density at radius 3 is 2.61 bits per heavy atom. The lowest BCUT2D eigenvalue weighted by Crippen LogP contribution is -2.49. The number of rotatable bonds is 6. The number of nitrogens with zero attached hydrogens (tertiary/aromatic N) is 1. The fraction of sp³-hybridized carbons (Fsp3) is 0.562. The summed E-state index contributed by atoms with van der Waals surface area (Å²) < 4.78 is 10.7. The van der Waals surface area contributed by atoms with E-state index >= 15 is 0 Å². The van der Waals surface area contributed by atoms with Crippen LogP contribution in [0.15, 0.2) is 18.3 Å². The summed E-state index contributed by atoms with van der Waals surface area (Å²) in [6, 6.07) is 3.29. The number of primary amides is 1. The van der Waals surface area contributed by atoms with Gasteiger partial charge in [0.05, 0.1) is 17.1 Å². The number of hydrogen-bond acceptors (Lipinski definition) is 5. The molecule has 1 aliphatic rings. The molecule has 2 amide bonds. The van der Waals surface area contributed by atoms with Gasteiger partial charge in [0.15, 0.2) is 0 Å². The first kappa shape index (κ1) is 17.2. The highest BCUT2D eigenvalue weighted by Crippen LogP contribution is 2.29. The quantitative estimate of drug-likeness (QED) is 0.809. The predicted octanol–water partition coefficient (Wildman–Crippen LogP) is 0.881. The fourth-order valence-corrected chi connectivity index (χ4v) is 2.45. The van der Waals surface area contributed by atoms with Crippen LogP contribution in [0, 0.1) is 5.41 Å². The molecule has 0 spiro atoms. The van der Waals surface area contributed by atoms with Gasteiger partial charge in [0.1, 0.15) is 0 Å². The average Bonchev–Trinajstić information content (AvgIpc) is 2.53. The lowest BCUT2D eigenvalue weighted by molar-refractivity contribution is -0.132. The van der Waals surface area contributed by atoms with E-state index in [9.17, 15) is 9.59 Å². The van der Waals surface area contributed by atoms with Crippen LogP contribution >= 0.6 is 0 Å². The first-order chi connectivity index (χ1) is 10.9. The second-order valence-corrected chi connectivity index (χ2v) is 5.99. The van der Waals surface area contributed by atoms with Crippen molar-refractivity contribution in [3.63, 3.8) is 0 Å². The van der Waals surface area contributed by atoms with Crippen LogP contribution < -0.4 is 15.8 Å². The molecule has 23 heavy (non-hydrogen) atoms. The van der Waals surface area contributed by atoms with Gasteiger partial charge in [-0.3, -0.25) is 9.59 Å². The Labute approximate surface area is 135 Å². The Morgan fingerprint density at radius 2 is 2.09 bits per heavy atom. The van der Waals surface area contributed by atoms with Crippen molar-refractivity contribution in [2.75, 3.05) is 19.8 Å². The molecule has 3 N–H and O–H groups in total. The Hall–Kier alpha value is -2.15. The lowest BCUT2D eigenvalue weighted by atomic mass is 9.79. The third-order valence-corrected chi connectivity index (χ3v) is 3.91. The van der Waals surface area contributed by atoms with Crippen LogP contribution in [0.5, 0.6) is 5.88 Å². The van der Waals surface area contributed by atoms with E-state index < -0.39 is 11.3 Å². The normalized spacial score (nSPS) is 16.8. The first-order valence-corrected chi connectivity index (χ1v) is 7.71. The summed E-state index contributed by atoms with van der Waals surface area (Å²) in [6.45, 7) is 4.96. The molecule has 1 aromatic rings. The fourth-order valence-electron chi connectivity index (χ4n) is 2.45. The van der Waals surface area contributed by atoms with Crippen molar-refractivity contribution in [1.29, 1.82) is 0 Å². The lowest BCUT2D eigenvalue weighted by Gasteiger charge is -2.34. The summed E-state index contributed by atoms with van der Waals surface area (Å²) in [5.41, 5.74) is 5.19. The van der Waals surface area contributed by atoms with Crippen molar-refractivity contribution >= 4 is 11.8 Å². The SMILES string of the molecule is CC(C)Oc1ccc(C(=O)NCC2(C(N)=O)CCOCC2)cn1. The second kappa shape index (κ2) is 7.41. The second-order valence-electron chi connectivity index (χ2n) is 5.99. The molecular weight excluding hydrogens is 298 g/mol. The number of amides is 2. The molecule has 0 saturated carbocycles. The van der Waals surface area contributed by atoms with Crippen LogP contribution in [0.3, 0.4) is 0 Å². The molecule has 126 valence electrons. The molecule has 1 aliphatic heterocycles. The molecule has 0 aliphatic carbocycles. The summed E-state index contributed by atoms with van der Waals surface area (Å²) in [4.78, 5) is 28.1. The molecule has 7 nitrogen and oxygen atoms in total. The maximum absolute atomic E-state index is 12.2. The minimum atomic E-state index is -0.734. The average molecular weight is 321 g/mol. The number of ether oxygens (including phenoxy) is 2. The van der Waals surface area contributed by atoms with Gasteiger partial charge in [-0.2, -0.15) is 0 Å². The predicted molar refractivity (Wildman–Crippen MR) is 84.0 cm³/mol. The third kappa shape index (κ3) is 4.41. The van der Waals surface area contributed by atoms with Crippen LogP contribution in [0.2, 0.25) is 0 Å². The van der Waals surface area contributed by atoms with E-state index in [1.54, 1.807) is 12.1 Å². The molecule has 1 saturated heterocycles. The van der Waals surface area contributed by atoms with Crippen LogP contribution in [0.25, 0.3) is 0 Å². The number of aromatic nitrogens is 1. The van der Waals surface area contributed by atoms with Gasteiger partial charge in [0.25, 0.3) is 5.91 Å². The van der Waals surface area contributed by atoms with Gasteiger partial charge >= 0.3 is 0 Å². The molecule has 0 unspecified atom stereocenters. The smallest absolute Gasteiger partial charge is 0.252 e. The monoisotopic (exact) mass is 321 g/mol.